The van der Waals surface area contributed by atoms with Crippen LogP contribution < -0.4 is 14.6 Å². The number of ether oxygens (including phenoxy) is 2. The number of carbonyl (C=O) groups is 2. The molecule has 0 radical (unpaired) electrons. The van der Waals surface area contributed by atoms with Gasteiger partial charge in [-0.15, -0.1) is 0 Å². The van der Waals surface area contributed by atoms with E-state index in [1.165, 1.54) is 31.4 Å². The Hall–Kier alpha value is -3.42. The lowest BCUT2D eigenvalue weighted by molar-refractivity contribution is -0.305. The molecule has 1 heterocycles. The van der Waals surface area contributed by atoms with Gasteiger partial charge in [-0.2, -0.15) is 5.10 Å². The van der Waals surface area contributed by atoms with E-state index in [2.05, 4.69) is 5.10 Å². The molecule has 152 valence electrons. The fourth-order valence-electron chi connectivity index (χ4n) is 3.20. The van der Waals surface area contributed by atoms with Crippen molar-refractivity contribution in [3.8, 4) is 11.5 Å². The second kappa shape index (κ2) is 8.72. The number of carboxylic acids is 1. The summed E-state index contributed by atoms with van der Waals surface area (Å²) in [6.07, 6.45) is -0.242. The van der Waals surface area contributed by atoms with E-state index in [4.69, 9.17) is 9.47 Å². The molecule has 7 nitrogen and oxygen atoms in total. The number of halogens is 1. The maximum absolute atomic E-state index is 13.3. The van der Waals surface area contributed by atoms with E-state index in [0.717, 1.165) is 5.56 Å². The average molecular weight is 399 g/mol. The van der Waals surface area contributed by atoms with Crippen LogP contribution in [0.25, 0.3) is 0 Å². The topological polar surface area (TPSA) is 91.3 Å². The van der Waals surface area contributed by atoms with Gasteiger partial charge >= 0.3 is 0 Å². The Morgan fingerprint density at radius 3 is 2.41 bits per heavy atom. The van der Waals surface area contributed by atoms with E-state index in [-0.39, 0.29) is 12.2 Å². The number of carbonyl (C=O) groups excluding carboxylic acids is 2. The third kappa shape index (κ3) is 4.53. The first-order valence-electron chi connectivity index (χ1n) is 9.00. The Balaban J connectivity index is 1.94. The van der Waals surface area contributed by atoms with Crippen LogP contribution in [0.3, 0.4) is 0 Å². The van der Waals surface area contributed by atoms with Gasteiger partial charge in [-0.25, -0.2) is 9.40 Å². The van der Waals surface area contributed by atoms with Gasteiger partial charge in [0.2, 0.25) is 5.91 Å². The highest BCUT2D eigenvalue weighted by Crippen LogP contribution is 2.35. The first kappa shape index (κ1) is 20.3. The number of methoxy groups -OCH3 is 2. The molecule has 0 aliphatic carbocycles. The van der Waals surface area contributed by atoms with Crippen LogP contribution in [0.1, 0.15) is 36.4 Å². The molecule has 0 unspecified atom stereocenters. The molecule has 1 aliphatic rings. The molecule has 0 saturated heterocycles. The van der Waals surface area contributed by atoms with Gasteiger partial charge in [0.15, 0.2) is 11.5 Å². The zero-order valence-corrected chi connectivity index (χ0v) is 16.1. The molecule has 8 heteroatoms. The zero-order chi connectivity index (χ0) is 21.0. The van der Waals surface area contributed by atoms with Crippen LogP contribution in [-0.4, -0.2) is 36.8 Å². The van der Waals surface area contributed by atoms with Gasteiger partial charge in [0.1, 0.15) is 5.82 Å². The Bertz CT molecular complexity index is 943. The molecule has 1 aliphatic heterocycles. The lowest BCUT2D eigenvalue weighted by Gasteiger charge is -2.22. The number of carboxylic acid groups (broad SMARTS) is 1. The molecule has 0 aromatic heterocycles. The minimum atomic E-state index is -1.31. The Morgan fingerprint density at radius 1 is 1.10 bits per heavy atom. The minimum absolute atomic E-state index is 0.233. The van der Waals surface area contributed by atoms with E-state index < -0.39 is 24.3 Å². The molecule has 29 heavy (non-hydrogen) atoms. The van der Waals surface area contributed by atoms with Gasteiger partial charge in [0.05, 0.1) is 26.0 Å². The lowest BCUT2D eigenvalue weighted by atomic mass is 9.98. The second-order valence-corrected chi connectivity index (χ2v) is 6.50. The molecule has 3 rings (SSSR count). The third-order valence-corrected chi connectivity index (χ3v) is 4.68. The van der Waals surface area contributed by atoms with Crippen LogP contribution in [0, 0.1) is 5.82 Å². The summed E-state index contributed by atoms with van der Waals surface area (Å²) in [7, 11) is 3.06. The van der Waals surface area contributed by atoms with E-state index in [0.29, 0.717) is 29.2 Å². The predicted molar refractivity (Wildman–Crippen MR) is 101 cm³/mol. The summed E-state index contributed by atoms with van der Waals surface area (Å²) < 4.78 is 23.9. The number of aliphatic carboxylic acids is 1. The quantitative estimate of drug-likeness (QED) is 0.711. The number of hydrogen-bond donors (Lipinski definition) is 0. The Labute approximate surface area is 167 Å². The Morgan fingerprint density at radius 2 is 1.79 bits per heavy atom. The molecule has 1 amide bonds. The van der Waals surface area contributed by atoms with Crippen LogP contribution in [-0.2, 0) is 9.59 Å². The van der Waals surface area contributed by atoms with Gasteiger partial charge in [0.25, 0.3) is 0 Å². The summed E-state index contributed by atoms with van der Waals surface area (Å²) in [5.74, 6) is -1.05. The first-order valence-corrected chi connectivity index (χ1v) is 9.00. The molecule has 0 fully saturated rings. The van der Waals surface area contributed by atoms with E-state index in [1.54, 1.807) is 30.3 Å². The van der Waals surface area contributed by atoms with Crippen molar-refractivity contribution >= 4 is 17.6 Å². The number of nitrogens with zero attached hydrogens (tertiary/aromatic N) is 2. The van der Waals surface area contributed by atoms with Crippen molar-refractivity contribution in [3.05, 3.63) is 59.4 Å². The maximum atomic E-state index is 13.3. The minimum Gasteiger partial charge on any atom is -0.550 e. The van der Waals surface area contributed by atoms with Gasteiger partial charge < -0.3 is 19.4 Å². The number of hydrogen-bond acceptors (Lipinski definition) is 6. The van der Waals surface area contributed by atoms with Crippen molar-refractivity contribution in [1.82, 2.24) is 5.01 Å². The number of benzene rings is 2. The van der Waals surface area contributed by atoms with E-state index in [9.17, 15) is 19.1 Å². The number of hydrazone groups is 1. The predicted octanol–water partition coefficient (Wildman–Crippen LogP) is 2.05. The maximum Gasteiger partial charge on any atom is 0.243 e. The summed E-state index contributed by atoms with van der Waals surface area (Å²) in [4.78, 5) is 23.3. The SMILES string of the molecule is COc1ccc(C2=NN(C(=O)CCC(=O)[O-])[C@H](c3ccc(F)cc3)C2)cc1OC. The van der Waals surface area contributed by atoms with E-state index in [1.807, 2.05) is 0 Å². The van der Waals surface area contributed by atoms with Gasteiger partial charge in [-0.3, -0.25) is 4.79 Å². The molecular formula is C21H20FN2O5-. The largest absolute Gasteiger partial charge is 0.550 e. The highest BCUT2D eigenvalue weighted by molar-refractivity contribution is 6.03. The summed E-state index contributed by atoms with van der Waals surface area (Å²) in [5, 5.41) is 16.4. The highest BCUT2D eigenvalue weighted by Gasteiger charge is 2.33. The molecule has 2 aromatic rings. The monoisotopic (exact) mass is 399 g/mol. The zero-order valence-electron chi connectivity index (χ0n) is 16.1. The summed E-state index contributed by atoms with van der Waals surface area (Å²) in [6.45, 7) is 0. The van der Waals surface area contributed by atoms with Crippen LogP contribution >= 0.6 is 0 Å². The lowest BCUT2D eigenvalue weighted by Crippen LogP contribution is -2.29. The highest BCUT2D eigenvalue weighted by atomic mass is 19.1. The molecule has 0 saturated carbocycles. The summed E-state index contributed by atoms with van der Waals surface area (Å²) in [5.41, 5.74) is 2.07. The van der Waals surface area contributed by atoms with Gasteiger partial charge in [-0.1, -0.05) is 12.1 Å². The smallest absolute Gasteiger partial charge is 0.243 e. The van der Waals surface area contributed by atoms with Crippen molar-refractivity contribution in [2.45, 2.75) is 25.3 Å². The fourth-order valence-corrected chi connectivity index (χ4v) is 3.20. The van der Waals surface area contributed by atoms with Crippen molar-refractivity contribution in [3.63, 3.8) is 0 Å². The normalized spacial score (nSPS) is 15.8. The molecule has 0 N–H and O–H groups in total. The molecule has 0 bridgehead atoms. The van der Waals surface area contributed by atoms with E-state index >= 15 is 0 Å². The summed E-state index contributed by atoms with van der Waals surface area (Å²) >= 11 is 0. The van der Waals surface area contributed by atoms with Crippen molar-refractivity contribution in [2.24, 2.45) is 5.10 Å². The number of amides is 1. The van der Waals surface area contributed by atoms with Crippen LogP contribution in [0.2, 0.25) is 0 Å². The van der Waals surface area contributed by atoms with Crippen LogP contribution in [0.15, 0.2) is 47.6 Å². The Kier molecular flexibility index (Phi) is 6.11. The molecule has 1 atom stereocenters. The second-order valence-electron chi connectivity index (χ2n) is 6.50. The fraction of sp³-hybridized carbons (Fsp3) is 0.286. The summed E-state index contributed by atoms with van der Waals surface area (Å²) in [6, 6.07) is 10.6. The number of rotatable bonds is 7. The van der Waals surface area contributed by atoms with Crippen molar-refractivity contribution in [1.29, 1.82) is 0 Å². The van der Waals surface area contributed by atoms with Crippen molar-refractivity contribution in [2.75, 3.05) is 14.2 Å². The average Bonchev–Trinajstić information content (AvgIpc) is 3.17. The molecule has 2 aromatic carbocycles. The van der Waals surface area contributed by atoms with Gasteiger partial charge in [0, 0.05) is 24.4 Å². The molecule has 0 spiro atoms. The third-order valence-electron chi connectivity index (χ3n) is 4.68. The van der Waals surface area contributed by atoms with Crippen LogP contribution in [0.5, 0.6) is 11.5 Å². The van der Waals surface area contributed by atoms with Crippen LogP contribution in [0.4, 0.5) is 4.39 Å². The standard InChI is InChI=1S/C21H21FN2O5/c1-28-18-8-5-14(11-19(18)29-2)16-12-17(13-3-6-15(22)7-4-13)24(23-16)20(25)9-10-21(26)27/h3-8,11,17H,9-10,12H2,1-2H3,(H,26,27)/p-1/t17-/m0/s1. The molecular weight excluding hydrogens is 379 g/mol. The first-order chi connectivity index (χ1) is 13.9. The van der Waals surface area contributed by atoms with Crippen molar-refractivity contribution < 1.29 is 28.6 Å². The van der Waals surface area contributed by atoms with Gasteiger partial charge in [-0.05, 0) is 42.3 Å².